The van der Waals surface area contributed by atoms with Crippen LogP contribution in [-0.4, -0.2) is 42.8 Å². The number of imide groups is 1. The molecule has 0 fully saturated rings. The van der Waals surface area contributed by atoms with Crippen molar-refractivity contribution < 1.29 is 23.5 Å². The van der Waals surface area contributed by atoms with Gasteiger partial charge in [-0.1, -0.05) is 18.2 Å². The fourth-order valence-electron chi connectivity index (χ4n) is 3.52. The van der Waals surface area contributed by atoms with Crippen molar-refractivity contribution in [3.05, 3.63) is 95.3 Å². The molecule has 156 valence electrons. The van der Waals surface area contributed by atoms with Gasteiger partial charge in [-0.15, -0.1) is 0 Å². The fraction of sp³-hybridized carbons (Fsp3) is 0.125. The molecular weight excluding hydrogens is 399 g/mol. The number of amides is 3. The highest BCUT2D eigenvalue weighted by Crippen LogP contribution is 2.24. The lowest BCUT2D eigenvalue weighted by Gasteiger charge is -2.25. The van der Waals surface area contributed by atoms with Gasteiger partial charge in [0.1, 0.15) is 11.6 Å². The molecule has 3 aromatic rings. The van der Waals surface area contributed by atoms with E-state index in [0.29, 0.717) is 28.1 Å². The first-order valence-corrected chi connectivity index (χ1v) is 9.66. The molecule has 3 aromatic carbocycles. The Hall–Kier alpha value is -4.00. The molecule has 31 heavy (non-hydrogen) atoms. The smallest absolute Gasteiger partial charge is 0.261 e. The SMILES string of the molecule is COc1ccc(C(=O)N(CCN2C(=O)c3ccccc3C2=O)c2cccc(F)c2)cc1. The summed E-state index contributed by atoms with van der Waals surface area (Å²) in [5.74, 6) is -1.09. The first kappa shape index (κ1) is 20.3. The number of fused-ring (bicyclic) bond motifs is 1. The number of carbonyl (C=O) groups excluding carboxylic acids is 3. The maximum Gasteiger partial charge on any atom is 0.261 e. The number of nitrogens with zero attached hydrogens (tertiary/aromatic N) is 2. The van der Waals surface area contributed by atoms with Gasteiger partial charge in [0.15, 0.2) is 0 Å². The fourth-order valence-corrected chi connectivity index (χ4v) is 3.52. The van der Waals surface area contributed by atoms with Gasteiger partial charge >= 0.3 is 0 Å². The maximum absolute atomic E-state index is 13.9. The Kier molecular flexibility index (Phi) is 5.49. The minimum atomic E-state index is -0.495. The number of hydrogen-bond acceptors (Lipinski definition) is 4. The van der Waals surface area contributed by atoms with Crippen LogP contribution in [0.15, 0.2) is 72.8 Å². The van der Waals surface area contributed by atoms with Crippen molar-refractivity contribution >= 4 is 23.4 Å². The summed E-state index contributed by atoms with van der Waals surface area (Å²) >= 11 is 0. The predicted molar refractivity (Wildman–Crippen MR) is 113 cm³/mol. The highest BCUT2D eigenvalue weighted by Gasteiger charge is 2.35. The molecule has 0 spiro atoms. The van der Waals surface area contributed by atoms with Gasteiger partial charge in [0.25, 0.3) is 17.7 Å². The average Bonchev–Trinajstić information content (AvgIpc) is 3.04. The number of ether oxygens (including phenoxy) is 1. The Morgan fingerprint density at radius 2 is 1.58 bits per heavy atom. The van der Waals surface area contributed by atoms with Crippen LogP contribution in [0.5, 0.6) is 5.75 Å². The molecule has 6 nitrogen and oxygen atoms in total. The molecule has 3 amide bonds. The van der Waals surface area contributed by atoms with E-state index in [0.717, 1.165) is 4.90 Å². The molecule has 1 aliphatic heterocycles. The zero-order chi connectivity index (χ0) is 22.0. The minimum Gasteiger partial charge on any atom is -0.497 e. The monoisotopic (exact) mass is 418 g/mol. The molecule has 1 heterocycles. The van der Waals surface area contributed by atoms with Gasteiger partial charge in [-0.3, -0.25) is 19.3 Å². The summed E-state index contributed by atoms with van der Waals surface area (Å²) in [7, 11) is 1.53. The molecule has 0 radical (unpaired) electrons. The summed E-state index contributed by atoms with van der Waals surface area (Å²) in [6.07, 6.45) is 0. The third-order valence-electron chi connectivity index (χ3n) is 5.13. The van der Waals surface area contributed by atoms with Crippen LogP contribution in [0.1, 0.15) is 31.1 Å². The van der Waals surface area contributed by atoms with Crippen molar-refractivity contribution in [1.29, 1.82) is 0 Å². The number of anilines is 1. The van der Waals surface area contributed by atoms with Gasteiger partial charge in [0, 0.05) is 24.3 Å². The van der Waals surface area contributed by atoms with Crippen molar-refractivity contribution in [2.75, 3.05) is 25.1 Å². The van der Waals surface area contributed by atoms with Crippen molar-refractivity contribution in [3.63, 3.8) is 0 Å². The molecule has 0 unspecified atom stereocenters. The highest BCUT2D eigenvalue weighted by molar-refractivity contribution is 6.21. The summed E-state index contributed by atoms with van der Waals surface area (Å²) in [5.41, 5.74) is 1.38. The van der Waals surface area contributed by atoms with Gasteiger partial charge in [-0.2, -0.15) is 0 Å². The van der Waals surface area contributed by atoms with Gasteiger partial charge in [-0.25, -0.2) is 4.39 Å². The average molecular weight is 418 g/mol. The van der Waals surface area contributed by atoms with E-state index in [1.165, 1.54) is 30.2 Å². The van der Waals surface area contributed by atoms with Gasteiger partial charge in [-0.05, 0) is 54.6 Å². The van der Waals surface area contributed by atoms with Crippen LogP contribution in [0.2, 0.25) is 0 Å². The summed E-state index contributed by atoms with van der Waals surface area (Å²) in [6, 6.07) is 18.7. The number of rotatable bonds is 6. The van der Waals surface area contributed by atoms with Crippen molar-refractivity contribution in [3.8, 4) is 5.75 Å². The van der Waals surface area contributed by atoms with E-state index in [2.05, 4.69) is 0 Å². The third kappa shape index (κ3) is 3.90. The second kappa shape index (κ2) is 8.39. The van der Waals surface area contributed by atoms with Crippen LogP contribution in [0.3, 0.4) is 0 Å². The van der Waals surface area contributed by atoms with E-state index in [1.54, 1.807) is 54.6 Å². The molecule has 0 saturated heterocycles. The van der Waals surface area contributed by atoms with Crippen LogP contribution >= 0.6 is 0 Å². The summed E-state index contributed by atoms with van der Waals surface area (Å²) in [6.45, 7) is -0.00939. The Balaban J connectivity index is 1.60. The molecular formula is C24H19FN2O4. The lowest BCUT2D eigenvalue weighted by atomic mass is 10.1. The molecule has 4 rings (SSSR count). The van der Waals surface area contributed by atoms with Crippen LogP contribution in [0, 0.1) is 5.82 Å². The molecule has 0 N–H and O–H groups in total. The van der Waals surface area contributed by atoms with E-state index >= 15 is 0 Å². The quantitative estimate of drug-likeness (QED) is 0.572. The largest absolute Gasteiger partial charge is 0.497 e. The molecule has 0 aliphatic carbocycles. The number of halogens is 1. The Bertz CT molecular complexity index is 1130. The third-order valence-corrected chi connectivity index (χ3v) is 5.13. The van der Waals surface area contributed by atoms with Crippen molar-refractivity contribution in [1.82, 2.24) is 4.90 Å². The lowest BCUT2D eigenvalue weighted by Crippen LogP contribution is -2.41. The Labute approximate surface area is 178 Å². The van der Waals surface area contributed by atoms with Gasteiger partial charge in [0.2, 0.25) is 0 Å². The van der Waals surface area contributed by atoms with Crippen LogP contribution in [-0.2, 0) is 0 Å². The lowest BCUT2D eigenvalue weighted by molar-refractivity contribution is 0.0654. The summed E-state index contributed by atoms with van der Waals surface area (Å²) in [4.78, 5) is 41.0. The van der Waals surface area contributed by atoms with Crippen molar-refractivity contribution in [2.24, 2.45) is 0 Å². The zero-order valence-corrected chi connectivity index (χ0v) is 16.7. The molecule has 0 saturated carbocycles. The first-order valence-electron chi connectivity index (χ1n) is 9.66. The van der Waals surface area contributed by atoms with E-state index in [-0.39, 0.29) is 19.0 Å². The van der Waals surface area contributed by atoms with Crippen LogP contribution in [0.4, 0.5) is 10.1 Å². The number of benzene rings is 3. The van der Waals surface area contributed by atoms with E-state index in [1.807, 2.05) is 0 Å². The van der Waals surface area contributed by atoms with Crippen LogP contribution < -0.4 is 9.64 Å². The summed E-state index contributed by atoms with van der Waals surface area (Å²) < 4.78 is 19.0. The number of carbonyl (C=O) groups is 3. The minimum absolute atomic E-state index is 0.0137. The molecule has 0 aromatic heterocycles. The normalized spacial score (nSPS) is 12.6. The Morgan fingerprint density at radius 1 is 0.935 bits per heavy atom. The second-order valence-corrected chi connectivity index (χ2v) is 6.97. The standard InChI is InChI=1S/C24H19FN2O4/c1-31-19-11-9-16(10-12-19)22(28)26(18-6-4-5-17(25)15-18)13-14-27-23(29)20-7-2-3-8-21(20)24(27)30/h2-12,15H,13-14H2,1H3. The molecule has 0 atom stereocenters. The number of methoxy groups -OCH3 is 1. The number of hydrogen-bond donors (Lipinski definition) is 0. The van der Waals surface area contributed by atoms with Gasteiger partial charge < -0.3 is 9.64 Å². The van der Waals surface area contributed by atoms with Crippen molar-refractivity contribution in [2.45, 2.75) is 0 Å². The predicted octanol–water partition coefficient (Wildman–Crippen LogP) is 3.78. The van der Waals surface area contributed by atoms with E-state index < -0.39 is 17.6 Å². The van der Waals surface area contributed by atoms with Crippen LogP contribution in [0.25, 0.3) is 0 Å². The topological polar surface area (TPSA) is 66.9 Å². The van der Waals surface area contributed by atoms with E-state index in [9.17, 15) is 18.8 Å². The Morgan fingerprint density at radius 3 is 2.16 bits per heavy atom. The zero-order valence-electron chi connectivity index (χ0n) is 16.7. The maximum atomic E-state index is 13.9. The van der Waals surface area contributed by atoms with E-state index in [4.69, 9.17) is 4.74 Å². The second-order valence-electron chi connectivity index (χ2n) is 6.97. The first-order chi connectivity index (χ1) is 15.0. The molecule has 0 bridgehead atoms. The highest BCUT2D eigenvalue weighted by atomic mass is 19.1. The van der Waals surface area contributed by atoms with Gasteiger partial charge in [0.05, 0.1) is 18.2 Å². The molecule has 7 heteroatoms. The summed E-state index contributed by atoms with van der Waals surface area (Å²) in [5, 5.41) is 0. The molecule has 1 aliphatic rings.